The van der Waals surface area contributed by atoms with E-state index in [1.54, 1.807) is 11.0 Å². The molecule has 0 aliphatic carbocycles. The molecule has 2 atom stereocenters. The number of nitrogens with zero attached hydrogens (tertiary/aromatic N) is 4. The van der Waals surface area contributed by atoms with Crippen LogP contribution < -0.4 is 10.2 Å². The maximum absolute atomic E-state index is 13.5. The number of benzene rings is 2. The minimum Gasteiger partial charge on any atom is -0.368 e. The normalized spacial score (nSPS) is 22.7. The maximum atomic E-state index is 13.5. The standard InChI is InChI=1S/C32H37Cl2N5O4/c33-22-17-23(34)19-24(18-22)36-13-15-38(16-14-36)32(43)28-8-4-12-37(28)11-2-1-5-21-6-3-7-25-26(21)20-39(31(25)42)27-9-10-29(40)35-30(27)41/h3,6-7,17-19,27-28H,1-2,4-5,8-16,20H2,(H,35,40,41). The lowest BCUT2D eigenvalue weighted by Crippen LogP contribution is -2.53. The van der Waals surface area contributed by atoms with Crippen molar-refractivity contribution in [3.63, 3.8) is 0 Å². The zero-order valence-corrected chi connectivity index (χ0v) is 25.7. The predicted molar refractivity (Wildman–Crippen MR) is 165 cm³/mol. The summed E-state index contributed by atoms with van der Waals surface area (Å²) in [5.74, 6) is -0.576. The lowest BCUT2D eigenvalue weighted by molar-refractivity contribution is -0.137. The molecule has 0 radical (unpaired) electrons. The van der Waals surface area contributed by atoms with Gasteiger partial charge in [-0.05, 0) is 87.0 Å². The Morgan fingerprint density at radius 3 is 2.44 bits per heavy atom. The Morgan fingerprint density at radius 2 is 1.70 bits per heavy atom. The first-order valence-electron chi connectivity index (χ1n) is 15.3. The van der Waals surface area contributed by atoms with Crippen molar-refractivity contribution >= 4 is 52.5 Å². The van der Waals surface area contributed by atoms with Crippen molar-refractivity contribution in [1.29, 1.82) is 0 Å². The summed E-state index contributed by atoms with van der Waals surface area (Å²) in [6.07, 6.45) is 5.28. The average molecular weight is 627 g/mol. The number of unbranched alkanes of at least 4 members (excludes halogenated alkanes) is 1. The summed E-state index contributed by atoms with van der Waals surface area (Å²) in [5.41, 5.74) is 3.77. The number of piperazine rings is 1. The molecular formula is C32H37Cl2N5O4. The van der Waals surface area contributed by atoms with Gasteiger partial charge in [0, 0.05) is 60.4 Å². The van der Waals surface area contributed by atoms with Crippen molar-refractivity contribution < 1.29 is 19.2 Å². The first-order valence-corrected chi connectivity index (χ1v) is 16.0. The van der Waals surface area contributed by atoms with Gasteiger partial charge in [0.1, 0.15) is 6.04 Å². The maximum Gasteiger partial charge on any atom is 0.255 e. The molecule has 228 valence electrons. The van der Waals surface area contributed by atoms with Gasteiger partial charge in [0.2, 0.25) is 17.7 Å². The molecule has 1 N–H and O–H groups in total. The van der Waals surface area contributed by atoms with E-state index in [0.717, 1.165) is 75.1 Å². The van der Waals surface area contributed by atoms with Crippen LogP contribution in [0.4, 0.5) is 5.69 Å². The van der Waals surface area contributed by atoms with Crippen LogP contribution in [-0.4, -0.2) is 89.7 Å². The van der Waals surface area contributed by atoms with Gasteiger partial charge in [-0.3, -0.25) is 29.4 Å². The minimum absolute atomic E-state index is 0.0622. The number of carbonyl (C=O) groups excluding carboxylic acids is 4. The van der Waals surface area contributed by atoms with Crippen LogP contribution in [0.25, 0.3) is 0 Å². The van der Waals surface area contributed by atoms with Crippen molar-refractivity contribution in [2.75, 3.05) is 44.2 Å². The fourth-order valence-electron chi connectivity index (χ4n) is 7.01. The molecule has 3 fully saturated rings. The van der Waals surface area contributed by atoms with Crippen LogP contribution in [0.1, 0.15) is 60.0 Å². The fourth-order valence-corrected chi connectivity index (χ4v) is 7.52. The monoisotopic (exact) mass is 625 g/mol. The molecule has 4 aliphatic rings. The molecule has 11 heteroatoms. The van der Waals surface area contributed by atoms with Gasteiger partial charge in [-0.1, -0.05) is 35.3 Å². The topological polar surface area (TPSA) is 93.3 Å². The molecule has 0 saturated carbocycles. The number of imide groups is 1. The number of fused-ring (bicyclic) bond motifs is 1. The van der Waals surface area contributed by atoms with E-state index in [9.17, 15) is 19.2 Å². The summed E-state index contributed by atoms with van der Waals surface area (Å²) in [4.78, 5) is 58.8. The molecule has 0 aromatic heterocycles. The Bertz CT molecular complexity index is 1410. The lowest BCUT2D eigenvalue weighted by atomic mass is 9.98. The second kappa shape index (κ2) is 12.8. The molecule has 0 spiro atoms. The van der Waals surface area contributed by atoms with Crippen molar-refractivity contribution in [2.45, 2.75) is 63.6 Å². The van der Waals surface area contributed by atoms with Crippen LogP contribution in [0.2, 0.25) is 10.0 Å². The largest absolute Gasteiger partial charge is 0.368 e. The van der Waals surface area contributed by atoms with Crippen molar-refractivity contribution in [3.05, 3.63) is 63.1 Å². The van der Waals surface area contributed by atoms with Gasteiger partial charge in [0.05, 0.1) is 6.04 Å². The number of hydrogen-bond acceptors (Lipinski definition) is 6. The third kappa shape index (κ3) is 6.40. The van der Waals surface area contributed by atoms with Crippen molar-refractivity contribution in [2.24, 2.45) is 0 Å². The van der Waals surface area contributed by atoms with Crippen LogP contribution in [0.3, 0.4) is 0 Å². The second-order valence-electron chi connectivity index (χ2n) is 11.9. The van der Waals surface area contributed by atoms with Gasteiger partial charge in [-0.25, -0.2) is 0 Å². The Hall–Kier alpha value is -3.14. The number of nitrogens with one attached hydrogen (secondary N) is 1. The fraction of sp³-hybridized carbons (Fsp3) is 0.500. The highest BCUT2D eigenvalue weighted by Gasteiger charge is 2.40. The molecule has 2 aromatic carbocycles. The van der Waals surface area contributed by atoms with Crippen LogP contribution in [0, 0.1) is 0 Å². The number of anilines is 1. The summed E-state index contributed by atoms with van der Waals surface area (Å²) in [7, 11) is 0. The lowest BCUT2D eigenvalue weighted by Gasteiger charge is -2.38. The van der Waals surface area contributed by atoms with E-state index < -0.39 is 6.04 Å². The SMILES string of the molecule is O=C1CCC(N2Cc3c(CCCCN4CCCC4C(=O)N4CCN(c5cc(Cl)cc(Cl)c5)CC4)cccc3C2=O)C(=O)N1. The molecule has 4 aliphatic heterocycles. The molecule has 6 rings (SSSR count). The number of halogens is 2. The number of amides is 4. The Labute approximate surface area is 262 Å². The number of likely N-dealkylation sites (tertiary alicyclic amines) is 1. The third-order valence-electron chi connectivity index (χ3n) is 9.27. The van der Waals surface area contributed by atoms with E-state index >= 15 is 0 Å². The van der Waals surface area contributed by atoms with Crippen LogP contribution >= 0.6 is 23.2 Å². The van der Waals surface area contributed by atoms with E-state index in [4.69, 9.17) is 23.2 Å². The molecule has 4 amide bonds. The van der Waals surface area contributed by atoms with E-state index in [2.05, 4.69) is 21.2 Å². The van der Waals surface area contributed by atoms with Gasteiger partial charge in [0.15, 0.2) is 0 Å². The van der Waals surface area contributed by atoms with Gasteiger partial charge in [-0.15, -0.1) is 0 Å². The second-order valence-corrected chi connectivity index (χ2v) is 12.8. The highest BCUT2D eigenvalue weighted by molar-refractivity contribution is 6.35. The molecule has 43 heavy (non-hydrogen) atoms. The first-order chi connectivity index (χ1) is 20.8. The van der Waals surface area contributed by atoms with Crippen molar-refractivity contribution in [3.8, 4) is 0 Å². The van der Waals surface area contributed by atoms with E-state index in [-0.39, 0.29) is 36.1 Å². The van der Waals surface area contributed by atoms with E-state index in [1.165, 1.54) is 0 Å². The van der Waals surface area contributed by atoms with Gasteiger partial charge in [0.25, 0.3) is 5.91 Å². The van der Waals surface area contributed by atoms with Gasteiger partial charge in [-0.2, -0.15) is 0 Å². The Balaban J connectivity index is 0.991. The molecule has 4 heterocycles. The summed E-state index contributed by atoms with van der Waals surface area (Å²) < 4.78 is 0. The number of piperidine rings is 1. The third-order valence-corrected chi connectivity index (χ3v) is 9.71. The van der Waals surface area contributed by atoms with E-state index in [1.807, 2.05) is 29.2 Å². The predicted octanol–water partition coefficient (Wildman–Crippen LogP) is 3.89. The molecule has 3 saturated heterocycles. The molecular weight excluding hydrogens is 589 g/mol. The number of aryl methyl sites for hydroxylation is 1. The average Bonchev–Trinajstić information content (AvgIpc) is 3.59. The first kappa shape index (κ1) is 29.9. The van der Waals surface area contributed by atoms with Gasteiger partial charge < -0.3 is 14.7 Å². The van der Waals surface area contributed by atoms with Crippen LogP contribution in [-0.2, 0) is 27.3 Å². The summed E-state index contributed by atoms with van der Waals surface area (Å²) >= 11 is 12.4. The highest BCUT2D eigenvalue weighted by atomic mass is 35.5. The zero-order valence-electron chi connectivity index (χ0n) is 24.2. The molecule has 2 aromatic rings. The summed E-state index contributed by atoms with van der Waals surface area (Å²) in [6, 6.07) is 10.7. The van der Waals surface area contributed by atoms with Crippen LogP contribution in [0.5, 0.6) is 0 Å². The van der Waals surface area contributed by atoms with Crippen LogP contribution in [0.15, 0.2) is 36.4 Å². The van der Waals surface area contributed by atoms with Gasteiger partial charge >= 0.3 is 0 Å². The molecule has 9 nitrogen and oxygen atoms in total. The van der Waals surface area contributed by atoms with Crippen molar-refractivity contribution in [1.82, 2.24) is 20.0 Å². The molecule has 0 bridgehead atoms. The number of hydrogen-bond donors (Lipinski definition) is 1. The highest BCUT2D eigenvalue weighted by Crippen LogP contribution is 2.31. The summed E-state index contributed by atoms with van der Waals surface area (Å²) in [6.45, 7) is 5.07. The summed E-state index contributed by atoms with van der Waals surface area (Å²) in [5, 5.41) is 3.59. The Morgan fingerprint density at radius 1 is 0.930 bits per heavy atom. The van der Waals surface area contributed by atoms with E-state index in [0.29, 0.717) is 41.7 Å². The quantitative estimate of drug-likeness (QED) is 0.353. The number of carbonyl (C=O) groups is 4. The smallest absolute Gasteiger partial charge is 0.255 e. The zero-order chi connectivity index (χ0) is 30.1. The minimum atomic E-state index is -0.603. The molecule has 2 unspecified atom stereocenters. The number of rotatable bonds is 8. The Kier molecular flexibility index (Phi) is 8.93.